The van der Waals surface area contributed by atoms with E-state index in [0.717, 1.165) is 6.42 Å². The van der Waals surface area contributed by atoms with Gasteiger partial charge >= 0.3 is 0 Å². The van der Waals surface area contributed by atoms with Gasteiger partial charge in [0, 0.05) is 23.0 Å². The van der Waals surface area contributed by atoms with E-state index in [4.69, 9.17) is 23.2 Å². The highest BCUT2D eigenvalue weighted by Gasteiger charge is 2.47. The smallest absolute Gasteiger partial charge is 0.166 e. The largest absolute Gasteiger partial charge is 0.364 e. The van der Waals surface area contributed by atoms with Crippen LogP contribution >= 0.6 is 23.2 Å². The van der Waals surface area contributed by atoms with Crippen molar-refractivity contribution in [3.63, 3.8) is 0 Å². The fraction of sp³-hybridized carbons (Fsp3) is 0.545. The Morgan fingerprint density at radius 3 is 2.75 bits per heavy atom. The fourth-order valence-electron chi connectivity index (χ4n) is 1.80. The quantitative estimate of drug-likeness (QED) is 0.823. The molecule has 88 valence electrons. The lowest BCUT2D eigenvalue weighted by Crippen LogP contribution is -2.54. The maximum absolute atomic E-state index is 13.5. The molecule has 0 saturated heterocycles. The molecule has 2 unspecified atom stereocenters. The van der Waals surface area contributed by atoms with Crippen molar-refractivity contribution < 1.29 is 4.39 Å². The van der Waals surface area contributed by atoms with Gasteiger partial charge in [-0.1, -0.05) is 25.4 Å². The van der Waals surface area contributed by atoms with Gasteiger partial charge < -0.3 is 5.32 Å². The molecule has 2 atom stereocenters. The Morgan fingerprint density at radius 1 is 1.56 bits per heavy atom. The average molecular weight is 263 g/mol. The van der Waals surface area contributed by atoms with Gasteiger partial charge in [-0.15, -0.1) is 11.6 Å². The van der Waals surface area contributed by atoms with Crippen LogP contribution in [0.2, 0.25) is 5.02 Å². The zero-order chi connectivity index (χ0) is 11.9. The number of hydrogen-bond acceptors (Lipinski definition) is 2. The Hall–Kier alpha value is -0.540. The Morgan fingerprint density at radius 2 is 2.25 bits per heavy atom. The molecule has 1 heterocycles. The van der Waals surface area contributed by atoms with E-state index >= 15 is 0 Å². The summed E-state index contributed by atoms with van der Waals surface area (Å²) in [6.45, 7) is 4.11. The van der Waals surface area contributed by atoms with Crippen LogP contribution in [0.4, 0.5) is 10.2 Å². The number of hydrogen-bond donors (Lipinski definition) is 1. The fourth-order valence-corrected chi connectivity index (χ4v) is 2.28. The first-order chi connectivity index (χ1) is 7.41. The van der Waals surface area contributed by atoms with Gasteiger partial charge in [0.05, 0.1) is 5.02 Å². The third kappa shape index (κ3) is 1.98. The highest BCUT2D eigenvalue weighted by molar-refractivity contribution is 6.30. The SMILES string of the molecule is CC1(C)C(Cl)CC1Nc1ncc(Cl)cc1F. The Labute approximate surface area is 104 Å². The van der Waals surface area contributed by atoms with Gasteiger partial charge in [0.2, 0.25) is 0 Å². The first-order valence-electron chi connectivity index (χ1n) is 5.13. The molecule has 2 nitrogen and oxygen atoms in total. The van der Waals surface area contributed by atoms with Crippen LogP contribution in [0.15, 0.2) is 12.3 Å². The molecule has 1 fully saturated rings. The molecule has 5 heteroatoms. The highest BCUT2D eigenvalue weighted by Crippen LogP contribution is 2.45. The van der Waals surface area contributed by atoms with Crippen LogP contribution in [0.3, 0.4) is 0 Å². The first-order valence-corrected chi connectivity index (χ1v) is 5.94. The number of pyridine rings is 1. The van der Waals surface area contributed by atoms with E-state index in [9.17, 15) is 4.39 Å². The lowest BCUT2D eigenvalue weighted by molar-refractivity contribution is 0.167. The zero-order valence-corrected chi connectivity index (χ0v) is 10.6. The minimum atomic E-state index is -0.429. The van der Waals surface area contributed by atoms with Crippen molar-refractivity contribution in [3.8, 4) is 0 Å². The molecule has 1 saturated carbocycles. The molecule has 0 aliphatic heterocycles. The molecule has 0 bridgehead atoms. The van der Waals surface area contributed by atoms with Crippen LogP contribution < -0.4 is 5.32 Å². The zero-order valence-electron chi connectivity index (χ0n) is 9.10. The topological polar surface area (TPSA) is 24.9 Å². The third-order valence-corrected chi connectivity index (χ3v) is 4.21. The second-order valence-corrected chi connectivity index (χ2v) is 5.67. The Bertz CT molecular complexity index is 409. The van der Waals surface area contributed by atoms with Crippen LogP contribution in [0.25, 0.3) is 0 Å². The van der Waals surface area contributed by atoms with Gasteiger partial charge in [0.25, 0.3) is 0 Å². The summed E-state index contributed by atoms with van der Waals surface area (Å²) < 4.78 is 13.5. The minimum Gasteiger partial charge on any atom is -0.364 e. The van der Waals surface area contributed by atoms with Crippen molar-refractivity contribution in [2.24, 2.45) is 5.41 Å². The van der Waals surface area contributed by atoms with Crippen molar-refractivity contribution in [2.75, 3.05) is 5.32 Å². The first kappa shape index (κ1) is 11.9. The molecule has 16 heavy (non-hydrogen) atoms. The van der Waals surface area contributed by atoms with Crippen molar-refractivity contribution in [1.29, 1.82) is 0 Å². The molecule has 0 aromatic carbocycles. The van der Waals surface area contributed by atoms with Crippen molar-refractivity contribution >= 4 is 29.0 Å². The van der Waals surface area contributed by atoms with Gasteiger partial charge in [0.1, 0.15) is 0 Å². The van der Waals surface area contributed by atoms with Crippen LogP contribution in [0, 0.1) is 11.2 Å². The number of anilines is 1. The lowest BCUT2D eigenvalue weighted by atomic mass is 9.67. The average Bonchev–Trinajstić information content (AvgIpc) is 2.21. The molecule has 1 aromatic rings. The normalized spacial score (nSPS) is 27.3. The maximum atomic E-state index is 13.5. The van der Waals surface area contributed by atoms with Crippen molar-refractivity contribution in [3.05, 3.63) is 23.1 Å². The molecule has 1 aliphatic carbocycles. The van der Waals surface area contributed by atoms with Gasteiger partial charge in [-0.25, -0.2) is 9.37 Å². The monoisotopic (exact) mass is 262 g/mol. The molecule has 0 spiro atoms. The summed E-state index contributed by atoms with van der Waals surface area (Å²) in [5, 5.41) is 3.49. The van der Waals surface area contributed by atoms with E-state index in [1.54, 1.807) is 0 Å². The second-order valence-electron chi connectivity index (χ2n) is 4.71. The predicted octanol–water partition coefficient (Wildman–Crippen LogP) is 3.69. The van der Waals surface area contributed by atoms with Gasteiger partial charge in [-0.3, -0.25) is 0 Å². The summed E-state index contributed by atoms with van der Waals surface area (Å²) in [5.41, 5.74) is -0.0463. The molecule has 1 aliphatic rings. The predicted molar refractivity (Wildman–Crippen MR) is 64.7 cm³/mol. The van der Waals surface area contributed by atoms with Gasteiger partial charge in [0.15, 0.2) is 11.6 Å². The summed E-state index contributed by atoms with van der Waals surface area (Å²) in [7, 11) is 0. The second kappa shape index (κ2) is 4.04. The van der Waals surface area contributed by atoms with Crippen molar-refractivity contribution in [2.45, 2.75) is 31.7 Å². The number of nitrogens with one attached hydrogen (secondary N) is 1. The van der Waals surface area contributed by atoms with E-state index in [-0.39, 0.29) is 22.7 Å². The molecule has 2 rings (SSSR count). The number of alkyl halides is 1. The van der Waals surface area contributed by atoms with Crippen LogP contribution in [-0.2, 0) is 0 Å². The molecule has 0 radical (unpaired) electrons. The molecule has 1 aromatic heterocycles. The van der Waals surface area contributed by atoms with Gasteiger partial charge in [-0.2, -0.15) is 0 Å². The summed E-state index contributed by atoms with van der Waals surface area (Å²) >= 11 is 11.7. The van der Waals surface area contributed by atoms with E-state index in [0.29, 0.717) is 5.02 Å². The Kier molecular flexibility index (Phi) is 3.01. The van der Waals surface area contributed by atoms with Crippen LogP contribution in [-0.4, -0.2) is 16.4 Å². The van der Waals surface area contributed by atoms with Crippen LogP contribution in [0.1, 0.15) is 20.3 Å². The number of rotatable bonds is 2. The number of aromatic nitrogens is 1. The van der Waals surface area contributed by atoms with E-state index in [1.165, 1.54) is 12.3 Å². The van der Waals surface area contributed by atoms with Gasteiger partial charge in [-0.05, 0) is 12.5 Å². The molecular formula is C11H13Cl2FN2. The molecule has 1 N–H and O–H groups in total. The van der Waals surface area contributed by atoms with E-state index in [1.807, 2.05) is 0 Å². The highest BCUT2D eigenvalue weighted by atomic mass is 35.5. The summed E-state index contributed by atoms with van der Waals surface area (Å²) in [5.74, 6) is -0.188. The Balaban J connectivity index is 2.11. The van der Waals surface area contributed by atoms with E-state index in [2.05, 4.69) is 24.1 Å². The number of halogens is 3. The maximum Gasteiger partial charge on any atom is 0.166 e. The number of nitrogens with zero attached hydrogens (tertiary/aromatic N) is 1. The molecular weight excluding hydrogens is 250 g/mol. The standard InChI is InChI=1S/C11H13Cl2FN2/c1-11(2)8(13)4-9(11)16-10-7(14)3-6(12)5-15-10/h3,5,8-9H,4H2,1-2H3,(H,15,16). The van der Waals surface area contributed by atoms with E-state index < -0.39 is 5.82 Å². The van der Waals surface area contributed by atoms with Crippen LogP contribution in [0.5, 0.6) is 0 Å². The van der Waals surface area contributed by atoms with Crippen molar-refractivity contribution in [1.82, 2.24) is 4.98 Å². The molecule has 0 amide bonds. The summed E-state index contributed by atoms with van der Waals surface area (Å²) in [6.07, 6.45) is 2.25. The summed E-state index contributed by atoms with van der Waals surface area (Å²) in [4.78, 5) is 3.93. The lowest BCUT2D eigenvalue weighted by Gasteiger charge is -2.49. The third-order valence-electron chi connectivity index (χ3n) is 3.27. The minimum absolute atomic E-state index is 0.0463. The summed E-state index contributed by atoms with van der Waals surface area (Å²) in [6, 6.07) is 1.40.